The van der Waals surface area contributed by atoms with Gasteiger partial charge in [-0.15, -0.1) is 0 Å². The predicted octanol–water partition coefficient (Wildman–Crippen LogP) is 0.882. The van der Waals surface area contributed by atoms with Crippen molar-refractivity contribution < 1.29 is 8.42 Å². The number of sulfone groups is 1. The average Bonchev–Trinajstić information content (AvgIpc) is 2.19. The lowest BCUT2D eigenvalue weighted by Crippen LogP contribution is -2.52. The molecule has 0 aromatic rings. The monoisotopic (exact) mass is 262 g/mol. The van der Waals surface area contributed by atoms with Crippen molar-refractivity contribution >= 4 is 9.84 Å². The van der Waals surface area contributed by atoms with Gasteiger partial charge in [0, 0.05) is 24.9 Å². The van der Waals surface area contributed by atoms with Crippen molar-refractivity contribution in [1.82, 2.24) is 10.2 Å². The second kappa shape index (κ2) is 5.24. The molecule has 2 unspecified atom stereocenters. The Morgan fingerprint density at radius 1 is 1.41 bits per heavy atom. The fourth-order valence-corrected chi connectivity index (χ4v) is 2.72. The first-order valence-corrected chi connectivity index (χ1v) is 8.17. The third-order valence-electron chi connectivity index (χ3n) is 4.01. The number of rotatable bonds is 4. The summed E-state index contributed by atoms with van der Waals surface area (Å²) >= 11 is 0. The van der Waals surface area contributed by atoms with Crippen LogP contribution in [-0.4, -0.2) is 56.5 Å². The highest BCUT2D eigenvalue weighted by Crippen LogP contribution is 2.23. The molecule has 0 aliphatic carbocycles. The van der Waals surface area contributed by atoms with E-state index in [-0.39, 0.29) is 0 Å². The van der Waals surface area contributed by atoms with Gasteiger partial charge in [0.25, 0.3) is 0 Å². The molecule has 0 amide bonds. The van der Waals surface area contributed by atoms with Crippen LogP contribution in [0.3, 0.4) is 0 Å². The van der Waals surface area contributed by atoms with Crippen LogP contribution in [0.15, 0.2) is 0 Å². The first kappa shape index (κ1) is 14.9. The van der Waals surface area contributed by atoms with Gasteiger partial charge in [-0.25, -0.2) is 8.42 Å². The van der Waals surface area contributed by atoms with Gasteiger partial charge in [-0.2, -0.15) is 0 Å². The van der Waals surface area contributed by atoms with E-state index in [1.54, 1.807) is 0 Å². The van der Waals surface area contributed by atoms with Crippen molar-refractivity contribution in [2.45, 2.75) is 50.4 Å². The van der Waals surface area contributed by atoms with Crippen LogP contribution in [0.5, 0.6) is 0 Å². The Morgan fingerprint density at radius 3 is 2.41 bits per heavy atom. The fraction of sp³-hybridized carbons (Fsp3) is 1.00. The molecule has 0 aromatic heterocycles. The molecule has 0 radical (unpaired) electrons. The zero-order valence-corrected chi connectivity index (χ0v) is 12.5. The Balaban J connectivity index is 2.65. The van der Waals surface area contributed by atoms with Crippen LogP contribution < -0.4 is 5.32 Å². The Kier molecular flexibility index (Phi) is 4.60. The summed E-state index contributed by atoms with van der Waals surface area (Å²) in [6.07, 6.45) is 3.52. The minimum Gasteiger partial charge on any atom is -0.317 e. The average molecular weight is 262 g/mol. The number of nitrogens with zero attached hydrogens (tertiary/aromatic N) is 1. The highest BCUT2D eigenvalue weighted by Gasteiger charge is 2.35. The van der Waals surface area contributed by atoms with E-state index in [0.29, 0.717) is 18.6 Å². The van der Waals surface area contributed by atoms with Crippen LogP contribution in [0.2, 0.25) is 0 Å². The molecule has 0 aromatic carbocycles. The van der Waals surface area contributed by atoms with E-state index in [0.717, 1.165) is 19.4 Å². The second-order valence-corrected chi connectivity index (χ2v) is 8.51. The Morgan fingerprint density at radius 2 is 2.00 bits per heavy atom. The molecule has 0 saturated carbocycles. The minimum absolute atomic E-state index is 0.447. The maximum absolute atomic E-state index is 11.7. The van der Waals surface area contributed by atoms with E-state index in [9.17, 15) is 8.42 Å². The molecule has 1 aliphatic rings. The highest BCUT2D eigenvalue weighted by atomic mass is 32.2. The molecule has 5 heteroatoms. The largest absolute Gasteiger partial charge is 0.317 e. The summed E-state index contributed by atoms with van der Waals surface area (Å²) in [6, 6.07) is 1.02. The molecular weight excluding hydrogens is 236 g/mol. The van der Waals surface area contributed by atoms with Gasteiger partial charge >= 0.3 is 0 Å². The molecule has 1 rings (SSSR count). The minimum atomic E-state index is -3.00. The van der Waals surface area contributed by atoms with E-state index in [2.05, 4.69) is 17.1 Å². The lowest BCUT2D eigenvalue weighted by molar-refractivity contribution is 0.128. The molecule has 2 atom stereocenters. The number of hydrogen-bond acceptors (Lipinski definition) is 4. The van der Waals surface area contributed by atoms with Gasteiger partial charge in [-0.05, 0) is 47.2 Å². The lowest BCUT2D eigenvalue weighted by Gasteiger charge is -2.41. The molecular formula is C12H26N2O2S. The van der Waals surface area contributed by atoms with Crippen LogP contribution >= 0.6 is 0 Å². The van der Waals surface area contributed by atoms with Crippen LogP contribution in [-0.2, 0) is 9.84 Å². The Bertz CT molecular complexity index is 352. The van der Waals surface area contributed by atoms with E-state index in [1.165, 1.54) is 6.26 Å². The summed E-state index contributed by atoms with van der Waals surface area (Å²) in [5.41, 5.74) is 0. The van der Waals surface area contributed by atoms with Crippen LogP contribution in [0, 0.1) is 0 Å². The zero-order chi connectivity index (χ0) is 13.3. The van der Waals surface area contributed by atoms with Crippen molar-refractivity contribution in [3.63, 3.8) is 0 Å². The van der Waals surface area contributed by atoms with Gasteiger partial charge < -0.3 is 5.32 Å². The Hall–Kier alpha value is -0.130. The smallest absolute Gasteiger partial charge is 0.153 e. The predicted molar refractivity (Wildman–Crippen MR) is 72.0 cm³/mol. The summed E-state index contributed by atoms with van der Waals surface area (Å²) in [4.78, 5) is 2.30. The molecule has 1 fully saturated rings. The fourth-order valence-electron chi connectivity index (χ4n) is 2.32. The maximum atomic E-state index is 11.7. The maximum Gasteiger partial charge on any atom is 0.153 e. The van der Waals surface area contributed by atoms with Crippen molar-refractivity contribution in [2.24, 2.45) is 0 Å². The van der Waals surface area contributed by atoms with Crippen molar-refractivity contribution in [2.75, 3.05) is 26.4 Å². The van der Waals surface area contributed by atoms with Crippen molar-refractivity contribution in [3.8, 4) is 0 Å². The van der Waals surface area contributed by atoms with Crippen LogP contribution in [0.4, 0.5) is 0 Å². The third-order valence-corrected chi connectivity index (χ3v) is 6.15. The highest BCUT2D eigenvalue weighted by molar-refractivity contribution is 7.92. The molecule has 1 aliphatic heterocycles. The summed E-state index contributed by atoms with van der Waals surface area (Å²) in [5, 5.41) is 3.30. The SMILES string of the molecule is CNC1CCN(CC(C)(C)S(C)(=O)=O)C(C)C1. The molecule has 0 bridgehead atoms. The normalized spacial score (nSPS) is 28.3. The number of hydrogen-bond donors (Lipinski definition) is 1. The molecule has 0 spiro atoms. The van der Waals surface area contributed by atoms with Crippen molar-refractivity contribution in [3.05, 3.63) is 0 Å². The molecule has 1 saturated heterocycles. The lowest BCUT2D eigenvalue weighted by atomic mass is 9.97. The summed E-state index contributed by atoms with van der Waals surface area (Å²) in [5.74, 6) is 0. The summed E-state index contributed by atoms with van der Waals surface area (Å²) < 4.78 is 22.8. The van der Waals surface area contributed by atoms with Gasteiger partial charge in [0.1, 0.15) is 0 Å². The first-order chi connectivity index (χ1) is 7.67. The molecule has 102 valence electrons. The van der Waals surface area contributed by atoms with E-state index in [4.69, 9.17) is 0 Å². The number of piperidine rings is 1. The van der Waals surface area contributed by atoms with Gasteiger partial charge in [0.05, 0.1) is 4.75 Å². The van der Waals surface area contributed by atoms with Crippen molar-refractivity contribution in [1.29, 1.82) is 0 Å². The van der Waals surface area contributed by atoms with Gasteiger partial charge in [0.2, 0.25) is 0 Å². The van der Waals surface area contributed by atoms with Gasteiger partial charge in [0.15, 0.2) is 9.84 Å². The van der Waals surface area contributed by atoms with E-state index >= 15 is 0 Å². The molecule has 1 heterocycles. The molecule has 4 nitrogen and oxygen atoms in total. The summed E-state index contributed by atoms with van der Waals surface area (Å²) in [7, 11) is -1.01. The van der Waals surface area contributed by atoms with Gasteiger partial charge in [-0.1, -0.05) is 0 Å². The van der Waals surface area contributed by atoms with E-state index in [1.807, 2.05) is 20.9 Å². The quantitative estimate of drug-likeness (QED) is 0.817. The first-order valence-electron chi connectivity index (χ1n) is 6.28. The molecule has 1 N–H and O–H groups in total. The second-order valence-electron chi connectivity index (χ2n) is 5.86. The number of likely N-dealkylation sites (tertiary alicyclic amines) is 1. The Labute approximate surface area is 106 Å². The zero-order valence-electron chi connectivity index (χ0n) is 11.7. The molecule has 17 heavy (non-hydrogen) atoms. The van der Waals surface area contributed by atoms with E-state index < -0.39 is 14.6 Å². The standard InChI is InChI=1S/C12H26N2O2S/c1-10-8-11(13-4)6-7-14(10)9-12(2,3)17(5,15)16/h10-11,13H,6-9H2,1-5H3. The topological polar surface area (TPSA) is 49.4 Å². The van der Waals surface area contributed by atoms with Crippen LogP contribution in [0.25, 0.3) is 0 Å². The van der Waals surface area contributed by atoms with Gasteiger partial charge in [-0.3, -0.25) is 4.90 Å². The third kappa shape index (κ3) is 3.66. The van der Waals surface area contributed by atoms with Crippen LogP contribution in [0.1, 0.15) is 33.6 Å². The number of nitrogens with one attached hydrogen (secondary N) is 1. The summed E-state index contributed by atoms with van der Waals surface area (Å²) in [6.45, 7) is 7.43.